The van der Waals surface area contributed by atoms with E-state index < -0.39 is 10.1 Å². The van der Waals surface area contributed by atoms with Crippen LogP contribution in [0, 0.1) is 0 Å². The Balaban J connectivity index is 1.75. The average Bonchev–Trinajstić information content (AvgIpc) is 2.76. The largest absolute Gasteiger partial charge is 0.504 e. The standard InChI is InChI=1S/C26H38O5S/c1-2-3-4-5-6-7-8-9-10-11-12-13-16-22-19-20-25(26(21-22)32(28,29)30)31-24-18-15-14-17-23(24)27/h14-15,17-21,27H,2-13,16H2,1H3,(H,28,29,30). The fraction of sp³-hybridized carbons (Fsp3) is 0.538. The smallest absolute Gasteiger partial charge is 0.298 e. The number of rotatable bonds is 16. The Bertz CT molecular complexity index is 908. The van der Waals surface area contributed by atoms with E-state index in [-0.39, 0.29) is 22.1 Å². The Morgan fingerprint density at radius 1 is 0.750 bits per heavy atom. The lowest BCUT2D eigenvalue weighted by Gasteiger charge is -2.12. The highest BCUT2D eigenvalue weighted by Gasteiger charge is 2.19. The van der Waals surface area contributed by atoms with Gasteiger partial charge in [0.15, 0.2) is 11.5 Å². The second-order valence-electron chi connectivity index (χ2n) is 8.47. The van der Waals surface area contributed by atoms with Gasteiger partial charge in [0.2, 0.25) is 0 Å². The van der Waals surface area contributed by atoms with Crippen molar-refractivity contribution in [1.82, 2.24) is 0 Å². The quantitative estimate of drug-likeness (QED) is 0.197. The van der Waals surface area contributed by atoms with Crippen LogP contribution in [0.1, 0.15) is 89.5 Å². The van der Waals surface area contributed by atoms with Crippen LogP contribution in [0.15, 0.2) is 47.4 Å². The molecule has 0 aliphatic heterocycles. The van der Waals surface area contributed by atoms with E-state index in [4.69, 9.17) is 4.74 Å². The maximum atomic E-state index is 11.9. The molecule has 0 fully saturated rings. The molecule has 0 bridgehead atoms. The molecular weight excluding hydrogens is 424 g/mol. The third kappa shape index (κ3) is 9.61. The van der Waals surface area contributed by atoms with Crippen LogP contribution in [0.3, 0.4) is 0 Å². The first-order valence-electron chi connectivity index (χ1n) is 12.0. The van der Waals surface area contributed by atoms with Crippen LogP contribution in [0.25, 0.3) is 0 Å². The Morgan fingerprint density at radius 2 is 1.31 bits per heavy atom. The monoisotopic (exact) mass is 462 g/mol. The molecule has 178 valence electrons. The van der Waals surface area contributed by atoms with Crippen LogP contribution < -0.4 is 4.74 Å². The molecule has 0 atom stereocenters. The number of unbranched alkanes of at least 4 members (excludes halogenated alkanes) is 11. The normalized spacial score (nSPS) is 11.6. The average molecular weight is 463 g/mol. The van der Waals surface area contributed by atoms with Crippen LogP contribution in [0.4, 0.5) is 0 Å². The summed E-state index contributed by atoms with van der Waals surface area (Å²) >= 11 is 0. The SMILES string of the molecule is CCCCCCCCCCCCCCc1ccc(Oc2ccccc2O)c(S(=O)(=O)O)c1. The van der Waals surface area contributed by atoms with Crippen LogP contribution >= 0.6 is 0 Å². The molecule has 0 aromatic heterocycles. The van der Waals surface area contributed by atoms with Crippen LogP contribution in [-0.4, -0.2) is 18.1 Å². The van der Waals surface area contributed by atoms with Crippen LogP contribution in [0.2, 0.25) is 0 Å². The van der Waals surface area contributed by atoms with Gasteiger partial charge in [-0.25, -0.2) is 0 Å². The van der Waals surface area contributed by atoms with Crippen LogP contribution in [-0.2, 0) is 16.5 Å². The topological polar surface area (TPSA) is 83.8 Å². The van der Waals surface area contributed by atoms with Crippen molar-refractivity contribution in [3.8, 4) is 17.2 Å². The van der Waals surface area contributed by atoms with Gasteiger partial charge in [0.1, 0.15) is 10.6 Å². The van der Waals surface area contributed by atoms with Gasteiger partial charge in [-0.15, -0.1) is 0 Å². The molecule has 0 heterocycles. The number of phenolic OH excluding ortho intramolecular Hbond substituents is 1. The highest BCUT2D eigenvalue weighted by Crippen LogP contribution is 2.34. The van der Waals surface area contributed by atoms with Gasteiger partial charge >= 0.3 is 0 Å². The molecule has 2 N–H and O–H groups in total. The maximum absolute atomic E-state index is 11.9. The van der Waals surface area contributed by atoms with Gasteiger partial charge in [-0.2, -0.15) is 8.42 Å². The Kier molecular flexibility index (Phi) is 11.6. The van der Waals surface area contributed by atoms with Gasteiger partial charge < -0.3 is 9.84 Å². The van der Waals surface area contributed by atoms with Gasteiger partial charge in [-0.1, -0.05) is 95.8 Å². The second-order valence-corrected chi connectivity index (χ2v) is 9.85. The molecule has 2 rings (SSSR count). The summed E-state index contributed by atoms with van der Waals surface area (Å²) in [6.07, 6.45) is 16.0. The molecule has 0 aliphatic carbocycles. The molecule has 2 aromatic carbocycles. The molecule has 0 saturated heterocycles. The van der Waals surface area contributed by atoms with E-state index in [0.29, 0.717) is 0 Å². The first kappa shape index (κ1) is 26.2. The van der Waals surface area contributed by atoms with Crippen LogP contribution in [0.5, 0.6) is 17.2 Å². The summed E-state index contributed by atoms with van der Waals surface area (Å²) < 4.78 is 38.9. The summed E-state index contributed by atoms with van der Waals surface area (Å²) in [6.45, 7) is 2.25. The molecule has 6 heteroatoms. The van der Waals surface area contributed by atoms with E-state index in [1.165, 1.54) is 88.5 Å². The number of hydrogen-bond acceptors (Lipinski definition) is 4. The first-order valence-corrected chi connectivity index (χ1v) is 13.4. The zero-order valence-electron chi connectivity index (χ0n) is 19.3. The van der Waals surface area contributed by atoms with Crippen molar-refractivity contribution in [2.75, 3.05) is 0 Å². The molecule has 2 aromatic rings. The van der Waals surface area contributed by atoms with E-state index >= 15 is 0 Å². The lowest BCUT2D eigenvalue weighted by Crippen LogP contribution is -2.02. The molecule has 0 aliphatic rings. The van der Waals surface area contributed by atoms with Crippen molar-refractivity contribution in [3.63, 3.8) is 0 Å². The fourth-order valence-corrected chi connectivity index (χ4v) is 4.49. The number of aromatic hydroxyl groups is 1. The van der Waals surface area contributed by atoms with Gasteiger partial charge in [0.05, 0.1) is 0 Å². The minimum atomic E-state index is -4.45. The lowest BCUT2D eigenvalue weighted by atomic mass is 10.0. The third-order valence-electron chi connectivity index (χ3n) is 5.69. The molecule has 0 unspecified atom stereocenters. The maximum Gasteiger partial charge on any atom is 0.298 e. The minimum Gasteiger partial charge on any atom is -0.504 e. The second kappa shape index (κ2) is 14.2. The zero-order valence-corrected chi connectivity index (χ0v) is 20.1. The zero-order chi connectivity index (χ0) is 23.2. The number of ether oxygens (including phenoxy) is 1. The molecule has 0 saturated carbocycles. The predicted molar refractivity (Wildman–Crippen MR) is 129 cm³/mol. The van der Waals surface area contributed by atoms with E-state index in [9.17, 15) is 18.1 Å². The predicted octanol–water partition coefficient (Wildman–Crippen LogP) is 7.67. The third-order valence-corrected chi connectivity index (χ3v) is 6.57. The molecule has 0 radical (unpaired) electrons. The Morgan fingerprint density at radius 3 is 1.88 bits per heavy atom. The van der Waals surface area contributed by atoms with E-state index in [1.807, 2.05) is 6.07 Å². The highest BCUT2D eigenvalue weighted by atomic mass is 32.2. The number of phenols is 1. The number of benzene rings is 2. The Labute approximate surface area is 193 Å². The molecule has 32 heavy (non-hydrogen) atoms. The van der Waals surface area contributed by atoms with Crippen molar-refractivity contribution in [2.45, 2.75) is 95.3 Å². The van der Waals surface area contributed by atoms with E-state index in [0.717, 1.165) is 24.8 Å². The number of aryl methyl sites for hydroxylation is 1. The van der Waals surface area contributed by atoms with Gasteiger partial charge in [-0.05, 0) is 42.7 Å². The minimum absolute atomic E-state index is 0.00700. The summed E-state index contributed by atoms with van der Waals surface area (Å²) in [7, 11) is -4.45. The Hall–Kier alpha value is -2.05. The summed E-state index contributed by atoms with van der Waals surface area (Å²) in [6, 6.07) is 11.1. The van der Waals surface area contributed by atoms with Gasteiger partial charge in [0, 0.05) is 0 Å². The molecule has 0 spiro atoms. The fourth-order valence-electron chi connectivity index (χ4n) is 3.83. The van der Waals surface area contributed by atoms with Crippen molar-refractivity contribution in [1.29, 1.82) is 0 Å². The molecule has 0 amide bonds. The van der Waals surface area contributed by atoms with E-state index in [2.05, 4.69) is 6.92 Å². The van der Waals surface area contributed by atoms with Crippen molar-refractivity contribution >= 4 is 10.1 Å². The highest BCUT2D eigenvalue weighted by molar-refractivity contribution is 7.86. The summed E-state index contributed by atoms with van der Waals surface area (Å²) in [4.78, 5) is -0.280. The number of para-hydroxylation sites is 2. The molecule has 5 nitrogen and oxygen atoms in total. The summed E-state index contributed by atoms with van der Waals surface area (Å²) in [5, 5.41) is 9.86. The first-order chi connectivity index (χ1) is 15.4. The molecular formula is C26H38O5S. The summed E-state index contributed by atoms with van der Waals surface area (Å²) in [5.74, 6) is 0.0212. The van der Waals surface area contributed by atoms with Gasteiger partial charge in [0.25, 0.3) is 10.1 Å². The van der Waals surface area contributed by atoms with E-state index in [1.54, 1.807) is 12.1 Å². The van der Waals surface area contributed by atoms with Gasteiger partial charge in [-0.3, -0.25) is 4.55 Å². The lowest BCUT2D eigenvalue weighted by molar-refractivity contribution is 0.402. The van der Waals surface area contributed by atoms with Crippen molar-refractivity contribution in [3.05, 3.63) is 48.0 Å². The number of hydrogen-bond donors (Lipinski definition) is 2. The van der Waals surface area contributed by atoms with Crippen molar-refractivity contribution in [2.24, 2.45) is 0 Å². The van der Waals surface area contributed by atoms with Crippen molar-refractivity contribution < 1.29 is 22.8 Å². The summed E-state index contributed by atoms with van der Waals surface area (Å²) in [5.41, 5.74) is 0.842.